The smallest absolute Gasteiger partial charge is 0.414 e. The zero-order valence-corrected chi connectivity index (χ0v) is 16.3. The maximum Gasteiger partial charge on any atom is 0.414 e. The number of rotatable bonds is 5. The molecule has 0 saturated carbocycles. The van der Waals surface area contributed by atoms with Crippen LogP contribution in [0, 0.1) is 0 Å². The Kier molecular flexibility index (Phi) is 7.95. The molecule has 0 fully saturated rings. The van der Waals surface area contributed by atoms with Crippen molar-refractivity contribution in [3.8, 4) is 5.69 Å². The molecule has 1 aromatic heterocycles. The molecule has 0 bridgehead atoms. The maximum atomic E-state index is 9.10. The number of aliphatic carboxylic acids is 2. The predicted octanol–water partition coefficient (Wildman–Crippen LogP) is 3.09. The van der Waals surface area contributed by atoms with Gasteiger partial charge in [-0.25, -0.2) is 14.3 Å². The van der Waals surface area contributed by atoms with Gasteiger partial charge in [-0.3, -0.25) is 0 Å². The molecule has 7 nitrogen and oxygen atoms in total. The van der Waals surface area contributed by atoms with Gasteiger partial charge in [0.25, 0.3) is 0 Å². The number of aromatic nitrogens is 2. The zero-order chi connectivity index (χ0) is 20.5. The Morgan fingerprint density at radius 2 is 1.75 bits per heavy atom. The molecule has 1 aromatic carbocycles. The lowest BCUT2D eigenvalue weighted by atomic mass is 9.92. The van der Waals surface area contributed by atoms with Gasteiger partial charge in [0.15, 0.2) is 0 Å². The summed E-state index contributed by atoms with van der Waals surface area (Å²) >= 11 is 0. The Balaban J connectivity index is 0.000000409. The summed E-state index contributed by atoms with van der Waals surface area (Å²) in [6, 6.07) is 10.4. The van der Waals surface area contributed by atoms with E-state index in [2.05, 4.69) is 71.1 Å². The van der Waals surface area contributed by atoms with Crippen LogP contribution in [0.15, 0.2) is 42.6 Å². The molecule has 7 heteroatoms. The molecule has 2 N–H and O–H groups in total. The number of nitrogens with zero attached hydrogens (tertiary/aromatic N) is 3. The third-order valence-corrected chi connectivity index (χ3v) is 4.75. The molecule has 0 atom stereocenters. The summed E-state index contributed by atoms with van der Waals surface area (Å²) in [6.45, 7) is 7.70. The number of allylic oxidation sites excluding steroid dienone is 1. The Labute approximate surface area is 164 Å². The van der Waals surface area contributed by atoms with E-state index in [9.17, 15) is 0 Å². The van der Waals surface area contributed by atoms with Crippen molar-refractivity contribution in [2.45, 2.75) is 33.1 Å². The monoisotopic (exact) mass is 385 g/mol. The van der Waals surface area contributed by atoms with Crippen LogP contribution in [0.2, 0.25) is 0 Å². The van der Waals surface area contributed by atoms with Crippen molar-refractivity contribution in [1.82, 2.24) is 14.7 Å². The summed E-state index contributed by atoms with van der Waals surface area (Å²) in [4.78, 5) is 20.6. The standard InChI is InChI=1S/C19H25N3.C2H2O4/c1-3-21(4-2)14-13-16-9-8-12-19-18(16)15-20-22(19)17-10-6-5-7-11-17;3-1(4)2(5)6/h5-7,10-11,13,15H,3-4,8-9,12,14H2,1-2H3;(H,3,4)(H,5,6)/b16-13+;. The fourth-order valence-electron chi connectivity index (χ4n) is 3.19. The highest BCUT2D eigenvalue weighted by atomic mass is 16.4. The van der Waals surface area contributed by atoms with Gasteiger partial charge in [-0.15, -0.1) is 0 Å². The second-order valence-corrected chi connectivity index (χ2v) is 6.43. The van der Waals surface area contributed by atoms with Crippen molar-refractivity contribution in [2.24, 2.45) is 0 Å². The van der Waals surface area contributed by atoms with Crippen LogP contribution in [-0.2, 0) is 16.0 Å². The number of carboxylic acid groups (broad SMARTS) is 2. The van der Waals surface area contributed by atoms with Crippen LogP contribution in [0.1, 0.15) is 37.9 Å². The third kappa shape index (κ3) is 5.53. The van der Waals surface area contributed by atoms with Gasteiger partial charge in [-0.05, 0) is 50.1 Å². The summed E-state index contributed by atoms with van der Waals surface area (Å²) in [7, 11) is 0. The fourth-order valence-corrected chi connectivity index (χ4v) is 3.19. The largest absolute Gasteiger partial charge is 0.473 e. The van der Waals surface area contributed by atoms with Gasteiger partial charge in [-0.1, -0.05) is 38.1 Å². The molecule has 0 aliphatic heterocycles. The van der Waals surface area contributed by atoms with Crippen molar-refractivity contribution >= 4 is 17.5 Å². The van der Waals surface area contributed by atoms with Crippen LogP contribution < -0.4 is 0 Å². The lowest BCUT2D eigenvalue weighted by Crippen LogP contribution is -2.23. The summed E-state index contributed by atoms with van der Waals surface area (Å²) in [5.74, 6) is -3.65. The van der Waals surface area contributed by atoms with E-state index in [-0.39, 0.29) is 0 Å². The average molecular weight is 385 g/mol. The number of hydrogen-bond donors (Lipinski definition) is 2. The van der Waals surface area contributed by atoms with Crippen LogP contribution >= 0.6 is 0 Å². The Morgan fingerprint density at radius 1 is 1.11 bits per heavy atom. The summed E-state index contributed by atoms with van der Waals surface area (Å²) in [5, 5.41) is 19.4. The van der Waals surface area contributed by atoms with Gasteiger partial charge in [-0.2, -0.15) is 5.10 Å². The van der Waals surface area contributed by atoms with Crippen molar-refractivity contribution < 1.29 is 19.8 Å². The van der Waals surface area contributed by atoms with E-state index in [4.69, 9.17) is 19.8 Å². The molecule has 0 amide bonds. The summed E-state index contributed by atoms with van der Waals surface area (Å²) < 4.78 is 2.11. The number of para-hydroxylation sites is 1. The van der Waals surface area contributed by atoms with Crippen molar-refractivity contribution in [3.05, 3.63) is 53.9 Å². The van der Waals surface area contributed by atoms with Crippen molar-refractivity contribution in [1.29, 1.82) is 0 Å². The molecule has 0 radical (unpaired) electrons. The molecule has 28 heavy (non-hydrogen) atoms. The second-order valence-electron chi connectivity index (χ2n) is 6.43. The minimum atomic E-state index is -1.82. The molecular weight excluding hydrogens is 358 g/mol. The highest BCUT2D eigenvalue weighted by Crippen LogP contribution is 2.31. The van der Waals surface area contributed by atoms with E-state index in [1.54, 1.807) is 0 Å². The third-order valence-electron chi connectivity index (χ3n) is 4.75. The number of carboxylic acids is 2. The van der Waals surface area contributed by atoms with Gasteiger partial charge >= 0.3 is 11.9 Å². The first-order chi connectivity index (χ1) is 13.5. The molecule has 1 heterocycles. The van der Waals surface area contributed by atoms with Crippen LogP contribution in [0.3, 0.4) is 0 Å². The van der Waals surface area contributed by atoms with Crippen LogP contribution in [0.5, 0.6) is 0 Å². The second kappa shape index (κ2) is 10.4. The van der Waals surface area contributed by atoms with Crippen molar-refractivity contribution in [2.75, 3.05) is 19.6 Å². The zero-order valence-electron chi connectivity index (χ0n) is 16.3. The molecule has 0 saturated heterocycles. The van der Waals surface area contributed by atoms with Gasteiger partial charge in [0, 0.05) is 12.1 Å². The minimum Gasteiger partial charge on any atom is -0.473 e. The number of carbonyl (C=O) groups is 2. The molecule has 150 valence electrons. The highest BCUT2D eigenvalue weighted by Gasteiger charge is 2.19. The quantitative estimate of drug-likeness (QED) is 0.768. The van der Waals surface area contributed by atoms with Crippen LogP contribution in [0.4, 0.5) is 0 Å². The maximum absolute atomic E-state index is 9.10. The molecule has 0 spiro atoms. The number of benzene rings is 1. The molecule has 1 aliphatic carbocycles. The first-order valence-electron chi connectivity index (χ1n) is 9.48. The minimum absolute atomic E-state index is 1.04. The number of hydrogen-bond acceptors (Lipinski definition) is 4. The Morgan fingerprint density at radius 3 is 2.32 bits per heavy atom. The highest BCUT2D eigenvalue weighted by molar-refractivity contribution is 6.27. The first-order valence-corrected chi connectivity index (χ1v) is 9.48. The van der Waals surface area contributed by atoms with Gasteiger partial charge in [0.05, 0.1) is 17.6 Å². The predicted molar refractivity (Wildman–Crippen MR) is 108 cm³/mol. The lowest BCUT2D eigenvalue weighted by molar-refractivity contribution is -0.159. The average Bonchev–Trinajstić information content (AvgIpc) is 3.14. The molecule has 1 aliphatic rings. The number of likely N-dealkylation sites (N-methyl/N-ethyl adjacent to an activating group) is 1. The topological polar surface area (TPSA) is 95.7 Å². The number of fused-ring (bicyclic) bond motifs is 1. The van der Waals surface area contributed by atoms with E-state index in [1.165, 1.54) is 29.7 Å². The lowest BCUT2D eigenvalue weighted by Gasteiger charge is -2.20. The summed E-state index contributed by atoms with van der Waals surface area (Å²) in [6.07, 6.45) is 7.97. The molecule has 2 aromatic rings. The van der Waals surface area contributed by atoms with E-state index < -0.39 is 11.9 Å². The Hall–Kier alpha value is -2.93. The van der Waals surface area contributed by atoms with Gasteiger partial charge in [0.1, 0.15) is 0 Å². The molecule has 0 unspecified atom stereocenters. The van der Waals surface area contributed by atoms with Gasteiger partial charge in [0.2, 0.25) is 0 Å². The Bertz CT molecular complexity index is 811. The van der Waals surface area contributed by atoms with Crippen LogP contribution in [0.25, 0.3) is 11.3 Å². The normalized spacial score (nSPS) is 14.3. The van der Waals surface area contributed by atoms with E-state index in [1.807, 2.05) is 0 Å². The van der Waals surface area contributed by atoms with E-state index in [0.717, 1.165) is 31.7 Å². The molecular formula is C21H27N3O4. The fraction of sp³-hybridized carbons (Fsp3) is 0.381. The van der Waals surface area contributed by atoms with Crippen LogP contribution in [-0.4, -0.2) is 56.5 Å². The SMILES string of the molecule is CCN(CC)C/C=C1\CCCc2c1cnn2-c1ccccc1.O=C(O)C(=O)O. The van der Waals surface area contributed by atoms with E-state index in [0.29, 0.717) is 0 Å². The first kappa shape index (κ1) is 21.4. The van der Waals surface area contributed by atoms with E-state index >= 15 is 0 Å². The molecule has 3 rings (SSSR count). The summed E-state index contributed by atoms with van der Waals surface area (Å²) in [5.41, 5.74) is 5.34. The van der Waals surface area contributed by atoms with Gasteiger partial charge < -0.3 is 15.1 Å². The van der Waals surface area contributed by atoms with Crippen molar-refractivity contribution in [3.63, 3.8) is 0 Å².